The predicted molar refractivity (Wildman–Crippen MR) is 54.7 cm³/mol. The molecule has 1 aliphatic rings. The molecule has 1 atom stereocenters. The molecule has 1 saturated heterocycles. The van der Waals surface area contributed by atoms with Crippen molar-refractivity contribution in [2.24, 2.45) is 0 Å². The Hall–Kier alpha value is -0.670. The molecule has 1 rings (SSSR count). The van der Waals surface area contributed by atoms with Crippen LogP contribution in [0.25, 0.3) is 0 Å². The molecule has 0 aromatic heterocycles. The second kappa shape index (κ2) is 3.83. The van der Waals surface area contributed by atoms with E-state index in [1.165, 1.54) is 0 Å². The number of aliphatic hydroxyl groups excluding tert-OH is 1. The van der Waals surface area contributed by atoms with Gasteiger partial charge in [-0.25, -0.2) is 4.79 Å². The fourth-order valence-corrected chi connectivity index (χ4v) is 2.16. The van der Waals surface area contributed by atoms with Gasteiger partial charge in [0.15, 0.2) is 0 Å². The van der Waals surface area contributed by atoms with Crippen LogP contribution in [-0.4, -0.2) is 33.7 Å². The summed E-state index contributed by atoms with van der Waals surface area (Å²) in [5, 5.41) is 13.0. The summed E-state index contributed by atoms with van der Waals surface area (Å²) in [6.07, 6.45) is -0.107. The van der Waals surface area contributed by atoms with Crippen molar-refractivity contribution in [2.45, 2.75) is 51.3 Å². The predicted octanol–water partition coefficient (Wildman–Crippen LogP) is -0.169. The van der Waals surface area contributed by atoms with Gasteiger partial charge in [0, 0.05) is 11.1 Å². The van der Waals surface area contributed by atoms with Crippen LogP contribution in [0, 0.1) is 0 Å². The fourth-order valence-electron chi connectivity index (χ4n) is 2.16. The summed E-state index contributed by atoms with van der Waals surface area (Å²) >= 11 is 0. The molecule has 4 heteroatoms. The van der Waals surface area contributed by atoms with E-state index < -0.39 is 11.6 Å². The van der Waals surface area contributed by atoms with Crippen molar-refractivity contribution in [2.75, 3.05) is 0 Å². The highest BCUT2D eigenvalue weighted by atomic mass is 16.3. The minimum atomic E-state index is -0.663. The lowest BCUT2D eigenvalue weighted by Crippen LogP contribution is -2.60. The van der Waals surface area contributed by atoms with E-state index in [1.807, 2.05) is 33.6 Å². The first kappa shape index (κ1) is 13.3. The van der Waals surface area contributed by atoms with Gasteiger partial charge in [-0.3, -0.25) is 0 Å². The van der Waals surface area contributed by atoms with Crippen LogP contribution in [0.1, 0.15) is 34.1 Å². The lowest BCUT2D eigenvalue weighted by Gasteiger charge is -2.45. The molecule has 1 heterocycles. The zero-order chi connectivity index (χ0) is 10.3. The van der Waals surface area contributed by atoms with Gasteiger partial charge in [-0.05, 0) is 34.1 Å². The molecule has 82 valence electrons. The average molecular weight is 201 g/mol. The van der Waals surface area contributed by atoms with Crippen molar-refractivity contribution in [3.63, 3.8) is 0 Å². The van der Waals surface area contributed by atoms with Crippen LogP contribution in [0.4, 0.5) is 0 Å². The fraction of sp³-hybridized carbons (Fsp3) is 0.800. The van der Waals surface area contributed by atoms with Gasteiger partial charge in [-0.2, -0.15) is 0 Å². The van der Waals surface area contributed by atoms with Crippen LogP contribution in [0.5, 0.6) is 0 Å². The summed E-state index contributed by atoms with van der Waals surface area (Å²) < 4.78 is 0. The molecule has 0 saturated carbocycles. The largest absolute Gasteiger partial charge is 0.412 e. The van der Waals surface area contributed by atoms with Gasteiger partial charge < -0.3 is 15.9 Å². The van der Waals surface area contributed by atoms with Crippen LogP contribution in [0.2, 0.25) is 0 Å². The number of nitrogens with one attached hydrogen (secondary N) is 1. The third-order valence-corrected chi connectivity index (χ3v) is 2.47. The molecule has 1 fully saturated rings. The van der Waals surface area contributed by atoms with E-state index in [0.29, 0.717) is 12.0 Å². The Kier molecular flexibility index (Phi) is 3.65. The summed E-state index contributed by atoms with van der Waals surface area (Å²) in [6.45, 7) is 7.80. The lowest BCUT2D eigenvalue weighted by atomic mass is 9.78. The van der Waals surface area contributed by atoms with Crippen molar-refractivity contribution < 1.29 is 15.4 Å². The van der Waals surface area contributed by atoms with E-state index in [9.17, 15) is 9.90 Å². The van der Waals surface area contributed by atoms with Crippen molar-refractivity contribution >= 4 is 5.94 Å². The molecule has 1 aliphatic heterocycles. The number of aliphatic hydroxyl groups is 1. The second-order valence-electron chi connectivity index (χ2n) is 4.87. The Balaban J connectivity index is 0.00000169. The Morgan fingerprint density at radius 1 is 1.43 bits per heavy atom. The maximum atomic E-state index is 10.6. The number of rotatable bonds is 0. The van der Waals surface area contributed by atoms with Crippen LogP contribution < -0.4 is 5.32 Å². The summed E-state index contributed by atoms with van der Waals surface area (Å²) in [6, 6.07) is 0. The maximum absolute atomic E-state index is 10.6. The Bertz CT molecular complexity index is 265. The average Bonchev–Trinajstić information content (AvgIpc) is 1.79. The molecule has 0 spiro atoms. The minimum absolute atomic E-state index is 0. The van der Waals surface area contributed by atoms with Crippen molar-refractivity contribution in [1.29, 1.82) is 0 Å². The van der Waals surface area contributed by atoms with E-state index in [0.717, 1.165) is 0 Å². The Morgan fingerprint density at radius 2 is 1.93 bits per heavy atom. The summed E-state index contributed by atoms with van der Waals surface area (Å²) in [5.74, 6) is 1.84. The van der Waals surface area contributed by atoms with Gasteiger partial charge in [0.2, 0.25) is 0 Å². The van der Waals surface area contributed by atoms with Crippen LogP contribution in [0.3, 0.4) is 0 Å². The number of piperidine rings is 1. The lowest BCUT2D eigenvalue weighted by molar-refractivity contribution is 0.0964. The monoisotopic (exact) mass is 201 g/mol. The normalized spacial score (nSPS) is 28.9. The van der Waals surface area contributed by atoms with Crippen molar-refractivity contribution in [1.82, 2.24) is 5.32 Å². The molecular formula is C10H19NO3. The molecule has 1 unspecified atom stereocenters. The highest BCUT2D eigenvalue weighted by Gasteiger charge is 2.41. The molecule has 0 amide bonds. The summed E-state index contributed by atoms with van der Waals surface area (Å²) in [4.78, 5) is 10.6. The first-order valence-corrected chi connectivity index (χ1v) is 4.51. The minimum Gasteiger partial charge on any atom is -0.412 e. The molecule has 4 nitrogen and oxygen atoms in total. The SMILES string of the molecule is CC1(C)CC(O)C(=C=O)C(C)(C)N1.O. The summed E-state index contributed by atoms with van der Waals surface area (Å²) in [7, 11) is 0. The van der Waals surface area contributed by atoms with Gasteiger partial charge in [-0.15, -0.1) is 0 Å². The zero-order valence-corrected chi connectivity index (χ0v) is 9.14. The quantitative estimate of drug-likeness (QED) is 0.534. The standard InChI is InChI=1S/C10H17NO2.H2O/c1-9(2)5-8(13)7(6-12)10(3,4)11-9;/h8,11,13H,5H2,1-4H3;1H2. The van der Waals surface area contributed by atoms with E-state index >= 15 is 0 Å². The Labute approximate surface area is 84.3 Å². The van der Waals surface area contributed by atoms with Crippen LogP contribution >= 0.6 is 0 Å². The molecule has 4 N–H and O–H groups in total. The number of hydrogen-bond acceptors (Lipinski definition) is 3. The highest BCUT2D eigenvalue weighted by molar-refractivity contribution is 5.59. The van der Waals surface area contributed by atoms with Gasteiger partial charge >= 0.3 is 0 Å². The molecule has 14 heavy (non-hydrogen) atoms. The van der Waals surface area contributed by atoms with E-state index in [-0.39, 0.29) is 11.0 Å². The van der Waals surface area contributed by atoms with E-state index in [4.69, 9.17) is 0 Å². The zero-order valence-electron chi connectivity index (χ0n) is 9.14. The first-order chi connectivity index (χ1) is 5.78. The molecule has 0 aromatic rings. The van der Waals surface area contributed by atoms with Gasteiger partial charge in [0.25, 0.3) is 0 Å². The van der Waals surface area contributed by atoms with Crippen LogP contribution in [-0.2, 0) is 4.79 Å². The number of carbonyl (C=O) groups excluding carboxylic acids is 1. The third kappa shape index (κ3) is 2.42. The second-order valence-corrected chi connectivity index (χ2v) is 4.87. The van der Waals surface area contributed by atoms with Crippen molar-refractivity contribution in [3.8, 4) is 0 Å². The maximum Gasteiger partial charge on any atom is 0.128 e. The molecule has 0 aromatic carbocycles. The number of hydrogen-bond donors (Lipinski definition) is 2. The Morgan fingerprint density at radius 3 is 2.29 bits per heavy atom. The molecule has 0 radical (unpaired) electrons. The molecular weight excluding hydrogens is 182 g/mol. The highest BCUT2D eigenvalue weighted by Crippen LogP contribution is 2.31. The topological polar surface area (TPSA) is 80.8 Å². The van der Waals surface area contributed by atoms with Gasteiger partial charge in [0.1, 0.15) is 5.94 Å². The van der Waals surface area contributed by atoms with Gasteiger partial charge in [0.05, 0.1) is 11.7 Å². The first-order valence-electron chi connectivity index (χ1n) is 4.51. The summed E-state index contributed by atoms with van der Waals surface area (Å²) in [5.41, 5.74) is -0.168. The molecule has 0 aliphatic carbocycles. The van der Waals surface area contributed by atoms with E-state index in [2.05, 4.69) is 5.32 Å². The van der Waals surface area contributed by atoms with Gasteiger partial charge in [-0.1, -0.05) is 0 Å². The van der Waals surface area contributed by atoms with Crippen molar-refractivity contribution in [3.05, 3.63) is 5.57 Å². The third-order valence-electron chi connectivity index (χ3n) is 2.47. The van der Waals surface area contributed by atoms with Crippen LogP contribution in [0.15, 0.2) is 5.57 Å². The van der Waals surface area contributed by atoms with E-state index in [1.54, 1.807) is 0 Å². The molecule has 0 bridgehead atoms. The smallest absolute Gasteiger partial charge is 0.128 e.